The van der Waals surface area contributed by atoms with Crippen LogP contribution in [-0.2, 0) is 5.41 Å². The van der Waals surface area contributed by atoms with E-state index in [4.69, 9.17) is 4.74 Å². The van der Waals surface area contributed by atoms with Crippen molar-refractivity contribution in [1.29, 1.82) is 0 Å². The minimum Gasteiger partial charge on any atom is -0.496 e. The van der Waals surface area contributed by atoms with Gasteiger partial charge in [0.05, 0.1) is 7.11 Å². The van der Waals surface area contributed by atoms with Crippen LogP contribution in [0.4, 0.5) is 0 Å². The van der Waals surface area contributed by atoms with Crippen molar-refractivity contribution in [3.63, 3.8) is 0 Å². The lowest BCUT2D eigenvalue weighted by Gasteiger charge is -2.21. The summed E-state index contributed by atoms with van der Waals surface area (Å²) in [4.78, 5) is 4.26. The number of guanidine groups is 1. The Morgan fingerprint density at radius 3 is 2.57 bits per heavy atom. The second-order valence-electron chi connectivity index (χ2n) is 5.33. The van der Waals surface area contributed by atoms with Crippen LogP contribution < -0.4 is 15.4 Å². The quantitative estimate of drug-likeness (QED) is 0.436. The maximum absolute atomic E-state index is 5.50. The van der Waals surface area contributed by atoms with Crippen LogP contribution in [0.2, 0.25) is 0 Å². The zero-order chi connectivity index (χ0) is 14.4. The Kier molecular flexibility index (Phi) is 7.28. The van der Waals surface area contributed by atoms with Crippen LogP contribution in [0.3, 0.4) is 0 Å². The Hall–Kier alpha value is -0.980. The predicted molar refractivity (Wildman–Crippen MR) is 99.0 cm³/mol. The molecule has 118 valence electrons. The van der Waals surface area contributed by atoms with E-state index >= 15 is 0 Å². The van der Waals surface area contributed by atoms with Crippen LogP contribution in [0.1, 0.15) is 31.7 Å². The normalized spacial score (nSPS) is 15.9. The van der Waals surface area contributed by atoms with Gasteiger partial charge in [0.1, 0.15) is 5.75 Å². The fourth-order valence-corrected chi connectivity index (χ4v) is 2.49. The van der Waals surface area contributed by atoms with Crippen molar-refractivity contribution in [2.24, 2.45) is 4.99 Å². The second-order valence-corrected chi connectivity index (χ2v) is 5.33. The summed E-state index contributed by atoms with van der Waals surface area (Å²) < 4.78 is 5.50. The third-order valence-electron chi connectivity index (χ3n) is 3.89. The first-order valence-corrected chi connectivity index (χ1v) is 7.34. The average molecular weight is 403 g/mol. The number of ether oxygens (including phenoxy) is 1. The van der Waals surface area contributed by atoms with E-state index in [2.05, 4.69) is 34.7 Å². The molecule has 2 rings (SSSR count). The van der Waals surface area contributed by atoms with E-state index in [9.17, 15) is 0 Å². The Morgan fingerprint density at radius 2 is 2.00 bits per heavy atom. The molecule has 0 amide bonds. The summed E-state index contributed by atoms with van der Waals surface area (Å²) in [6, 6.07) is 8.32. The first-order valence-electron chi connectivity index (χ1n) is 7.34. The Labute approximate surface area is 144 Å². The molecule has 4 nitrogen and oxygen atoms in total. The van der Waals surface area contributed by atoms with Crippen molar-refractivity contribution in [2.75, 3.05) is 27.2 Å². The minimum atomic E-state index is 0. The van der Waals surface area contributed by atoms with Gasteiger partial charge < -0.3 is 15.4 Å². The number of hydrogen-bond acceptors (Lipinski definition) is 2. The lowest BCUT2D eigenvalue weighted by Crippen LogP contribution is -2.41. The van der Waals surface area contributed by atoms with Crippen LogP contribution in [0.15, 0.2) is 29.3 Å². The Bertz CT molecular complexity index is 472. The molecule has 0 aliphatic heterocycles. The van der Waals surface area contributed by atoms with Crippen LogP contribution >= 0.6 is 24.0 Å². The molecule has 0 atom stereocenters. The number of para-hydroxylation sites is 1. The van der Waals surface area contributed by atoms with Crippen molar-refractivity contribution >= 4 is 29.9 Å². The molecule has 1 aliphatic rings. The largest absolute Gasteiger partial charge is 0.496 e. The highest BCUT2D eigenvalue weighted by Gasteiger charge is 2.45. The molecule has 1 aromatic carbocycles. The molecule has 0 saturated heterocycles. The van der Waals surface area contributed by atoms with Gasteiger partial charge in [-0.15, -0.1) is 24.0 Å². The maximum Gasteiger partial charge on any atom is 0.191 e. The summed E-state index contributed by atoms with van der Waals surface area (Å²) in [6.07, 6.45) is 3.49. The second kappa shape index (κ2) is 8.46. The van der Waals surface area contributed by atoms with Gasteiger partial charge in [-0.1, -0.05) is 25.1 Å². The van der Waals surface area contributed by atoms with Crippen molar-refractivity contribution in [1.82, 2.24) is 10.6 Å². The number of nitrogens with one attached hydrogen (secondary N) is 2. The molecule has 21 heavy (non-hydrogen) atoms. The van der Waals surface area contributed by atoms with Gasteiger partial charge in [-0.3, -0.25) is 4.99 Å². The highest BCUT2D eigenvalue weighted by molar-refractivity contribution is 14.0. The monoisotopic (exact) mass is 403 g/mol. The smallest absolute Gasteiger partial charge is 0.191 e. The molecule has 1 aromatic rings. The van der Waals surface area contributed by atoms with Crippen LogP contribution in [0, 0.1) is 0 Å². The molecule has 5 heteroatoms. The van der Waals surface area contributed by atoms with Gasteiger partial charge in [0.25, 0.3) is 0 Å². The Morgan fingerprint density at radius 1 is 1.29 bits per heavy atom. The maximum atomic E-state index is 5.50. The van der Waals surface area contributed by atoms with E-state index in [1.165, 1.54) is 18.4 Å². The van der Waals surface area contributed by atoms with E-state index in [1.54, 1.807) is 7.11 Å². The van der Waals surface area contributed by atoms with E-state index in [-0.39, 0.29) is 29.4 Å². The number of rotatable bonds is 6. The third kappa shape index (κ3) is 4.49. The summed E-state index contributed by atoms with van der Waals surface area (Å²) >= 11 is 0. The fraction of sp³-hybridized carbons (Fsp3) is 0.562. The SMILES string of the molecule is CCCNC(=NC)NCC1(c2ccccc2OC)CC1.I. The summed E-state index contributed by atoms with van der Waals surface area (Å²) in [5.74, 6) is 1.87. The van der Waals surface area contributed by atoms with Gasteiger partial charge in [0.2, 0.25) is 0 Å². The van der Waals surface area contributed by atoms with Crippen molar-refractivity contribution in [3.8, 4) is 5.75 Å². The van der Waals surface area contributed by atoms with Gasteiger partial charge in [0.15, 0.2) is 5.96 Å². The number of nitrogens with zero attached hydrogens (tertiary/aromatic N) is 1. The van der Waals surface area contributed by atoms with Crippen LogP contribution in [-0.4, -0.2) is 33.2 Å². The molecule has 0 spiro atoms. The molecular formula is C16H26IN3O. The lowest BCUT2D eigenvalue weighted by molar-refractivity contribution is 0.403. The summed E-state index contributed by atoms with van der Waals surface area (Å²) in [5, 5.41) is 6.75. The molecule has 1 aliphatic carbocycles. The summed E-state index contributed by atoms with van der Waals surface area (Å²) in [6.45, 7) is 4.00. The van der Waals surface area contributed by atoms with E-state index in [1.807, 2.05) is 19.2 Å². The molecule has 0 radical (unpaired) electrons. The number of hydrogen-bond donors (Lipinski definition) is 2. The summed E-state index contributed by atoms with van der Waals surface area (Å²) in [7, 11) is 3.55. The van der Waals surface area contributed by atoms with Gasteiger partial charge in [-0.05, 0) is 25.3 Å². The molecular weight excluding hydrogens is 377 g/mol. The topological polar surface area (TPSA) is 45.7 Å². The number of benzene rings is 1. The van der Waals surface area contributed by atoms with Crippen LogP contribution in [0.5, 0.6) is 5.75 Å². The zero-order valence-corrected chi connectivity index (χ0v) is 15.4. The molecule has 2 N–H and O–H groups in total. The molecule has 1 saturated carbocycles. The van der Waals surface area contributed by atoms with E-state index < -0.39 is 0 Å². The minimum absolute atomic E-state index is 0. The zero-order valence-electron chi connectivity index (χ0n) is 13.1. The van der Waals surface area contributed by atoms with Crippen LogP contribution in [0.25, 0.3) is 0 Å². The molecule has 0 bridgehead atoms. The molecule has 0 heterocycles. The van der Waals surface area contributed by atoms with Crippen molar-refractivity contribution in [3.05, 3.63) is 29.8 Å². The lowest BCUT2D eigenvalue weighted by atomic mass is 9.95. The Balaban J connectivity index is 0.00000220. The van der Waals surface area contributed by atoms with Crippen molar-refractivity contribution < 1.29 is 4.74 Å². The predicted octanol–water partition coefficient (Wildman–Crippen LogP) is 2.92. The van der Waals surface area contributed by atoms with Gasteiger partial charge >= 0.3 is 0 Å². The molecule has 0 aromatic heterocycles. The molecule has 0 unspecified atom stereocenters. The first kappa shape index (κ1) is 18.1. The highest BCUT2D eigenvalue weighted by atomic mass is 127. The summed E-state index contributed by atoms with van der Waals surface area (Å²) in [5.41, 5.74) is 1.51. The van der Waals surface area contributed by atoms with Crippen molar-refractivity contribution in [2.45, 2.75) is 31.6 Å². The van der Waals surface area contributed by atoms with E-state index in [0.717, 1.165) is 31.2 Å². The molecule has 1 fully saturated rings. The standard InChI is InChI=1S/C16H25N3O.HI/c1-4-11-18-15(17-2)19-12-16(9-10-16)13-7-5-6-8-14(13)20-3;/h5-8H,4,9-12H2,1-3H3,(H2,17,18,19);1H. The van der Waals surface area contributed by atoms with Gasteiger partial charge in [-0.25, -0.2) is 0 Å². The highest BCUT2D eigenvalue weighted by Crippen LogP contribution is 2.50. The van der Waals surface area contributed by atoms with Gasteiger partial charge in [0, 0.05) is 31.1 Å². The van der Waals surface area contributed by atoms with E-state index in [0.29, 0.717) is 0 Å². The average Bonchev–Trinajstić information content (AvgIpc) is 3.28. The number of methoxy groups -OCH3 is 1. The first-order chi connectivity index (χ1) is 9.75. The fourth-order valence-electron chi connectivity index (χ4n) is 2.49. The number of aliphatic imine (C=N–C) groups is 1. The third-order valence-corrected chi connectivity index (χ3v) is 3.89. The number of halogens is 1. The van der Waals surface area contributed by atoms with Gasteiger partial charge in [-0.2, -0.15) is 0 Å².